The van der Waals surface area contributed by atoms with Gasteiger partial charge in [-0.1, -0.05) is 35.3 Å². The second-order valence-corrected chi connectivity index (χ2v) is 11.4. The summed E-state index contributed by atoms with van der Waals surface area (Å²) in [4.78, 5) is 42.7. The van der Waals surface area contributed by atoms with E-state index in [9.17, 15) is 22.8 Å². The van der Waals surface area contributed by atoms with E-state index in [0.717, 1.165) is 16.2 Å². The summed E-state index contributed by atoms with van der Waals surface area (Å²) in [6.45, 7) is 0. The number of Topliss-reactive ketones (excluding diaryl/α,β-unsaturated/α-hetero) is 1. The normalized spacial score (nSPS) is 13.9. The molecule has 2 amide bonds. The van der Waals surface area contributed by atoms with Crippen LogP contribution in [0.4, 0.5) is 5.82 Å². The first-order valence-corrected chi connectivity index (χ1v) is 12.5. The third-order valence-corrected chi connectivity index (χ3v) is 8.47. The van der Waals surface area contributed by atoms with Gasteiger partial charge in [-0.25, -0.2) is 18.3 Å². The zero-order chi connectivity index (χ0) is 23.0. The highest BCUT2D eigenvalue weighted by molar-refractivity contribution is 7.94. The molecule has 0 bridgehead atoms. The van der Waals surface area contributed by atoms with Crippen molar-refractivity contribution in [2.24, 2.45) is 0 Å². The fourth-order valence-corrected chi connectivity index (χ4v) is 6.27. The number of rotatable bonds is 6. The van der Waals surface area contributed by atoms with Gasteiger partial charge in [-0.3, -0.25) is 14.4 Å². The van der Waals surface area contributed by atoms with Crippen LogP contribution in [0.2, 0.25) is 9.36 Å². The first-order chi connectivity index (χ1) is 15.1. The van der Waals surface area contributed by atoms with Gasteiger partial charge < -0.3 is 0 Å². The van der Waals surface area contributed by atoms with Crippen molar-refractivity contribution in [3.63, 3.8) is 0 Å². The van der Waals surface area contributed by atoms with Crippen molar-refractivity contribution >= 4 is 67.8 Å². The van der Waals surface area contributed by atoms with Gasteiger partial charge in [0, 0.05) is 23.2 Å². The molecule has 0 radical (unpaired) electrons. The minimum atomic E-state index is -3.77. The highest BCUT2D eigenvalue weighted by atomic mass is 35.5. The molecule has 4 rings (SSSR count). The van der Waals surface area contributed by atoms with Crippen molar-refractivity contribution in [3.8, 4) is 0 Å². The lowest BCUT2D eigenvalue weighted by atomic mass is 9.98. The van der Waals surface area contributed by atoms with Crippen molar-refractivity contribution in [2.75, 3.05) is 10.7 Å². The van der Waals surface area contributed by atoms with Crippen molar-refractivity contribution < 1.29 is 22.8 Å². The first kappa shape index (κ1) is 22.6. The Balaban J connectivity index is 1.48. The molecule has 164 valence electrons. The maximum Gasteiger partial charge on any atom is 0.266 e. The summed E-state index contributed by atoms with van der Waals surface area (Å²) in [5.74, 6) is -2.02. The van der Waals surface area contributed by atoms with Crippen LogP contribution in [0, 0.1) is 0 Å². The van der Waals surface area contributed by atoms with Gasteiger partial charge in [0.25, 0.3) is 5.91 Å². The number of hydrogen-bond donors (Lipinski definition) is 0. The third-order valence-electron chi connectivity index (χ3n) is 4.74. The molecule has 3 aromatic rings. The van der Waals surface area contributed by atoms with Gasteiger partial charge in [0.15, 0.2) is 15.6 Å². The number of nitrogens with zero attached hydrogens (tertiary/aromatic N) is 2. The average molecular weight is 509 g/mol. The quantitative estimate of drug-likeness (QED) is 0.469. The Morgan fingerprint density at radius 3 is 2.53 bits per heavy atom. The van der Waals surface area contributed by atoms with Gasteiger partial charge in [0.1, 0.15) is 15.8 Å². The lowest BCUT2D eigenvalue weighted by Crippen LogP contribution is -2.43. The van der Waals surface area contributed by atoms with E-state index in [4.69, 9.17) is 23.2 Å². The summed E-state index contributed by atoms with van der Waals surface area (Å²) >= 11 is 12.6. The summed E-state index contributed by atoms with van der Waals surface area (Å²) in [5, 5.41) is 0.382. The van der Waals surface area contributed by atoms with E-state index in [1.165, 1.54) is 36.5 Å². The second-order valence-electron chi connectivity index (χ2n) is 7.07. The molecule has 0 spiro atoms. The number of imide groups is 1. The highest BCUT2D eigenvalue weighted by Crippen LogP contribution is 2.28. The monoisotopic (exact) mass is 508 g/mol. The number of carbonyl (C=O) groups excluding carboxylic acids is 3. The van der Waals surface area contributed by atoms with Crippen molar-refractivity contribution in [1.29, 1.82) is 0 Å². The standard InChI is InChI=1S/C21H14Cl2N2O5S2/c22-14-3-2-13-8-19(27)25(21(28)16(13)9-14)18-5-1-12(10-24-18)7-15(26)11-32(29,30)20-6-4-17(23)31-20/h1-6,9-10H,7-8,11H2. The number of anilines is 1. The largest absolute Gasteiger partial charge is 0.298 e. The van der Waals surface area contributed by atoms with Crippen molar-refractivity contribution in [3.05, 3.63) is 74.7 Å². The molecule has 0 fully saturated rings. The molecule has 1 aliphatic heterocycles. The molecule has 11 heteroatoms. The van der Waals surface area contributed by atoms with E-state index in [-0.39, 0.29) is 22.9 Å². The van der Waals surface area contributed by atoms with Gasteiger partial charge in [-0.2, -0.15) is 0 Å². The molecule has 7 nitrogen and oxygen atoms in total. The summed E-state index contributed by atoms with van der Waals surface area (Å²) in [6, 6.07) is 10.6. The molecule has 1 aliphatic rings. The number of benzene rings is 1. The Hall–Kier alpha value is -2.59. The first-order valence-electron chi connectivity index (χ1n) is 9.24. The maximum absolute atomic E-state index is 12.8. The zero-order valence-electron chi connectivity index (χ0n) is 16.2. The number of carbonyl (C=O) groups is 3. The average Bonchev–Trinajstić information content (AvgIpc) is 3.17. The summed E-state index contributed by atoms with van der Waals surface area (Å²) < 4.78 is 25.0. The predicted octanol–water partition coefficient (Wildman–Crippen LogP) is 3.76. The van der Waals surface area contributed by atoms with Gasteiger partial charge in [-0.15, -0.1) is 11.3 Å². The number of fused-ring (bicyclic) bond motifs is 1. The Morgan fingerprint density at radius 1 is 1.09 bits per heavy atom. The number of halogens is 2. The number of amides is 2. The molecule has 2 aromatic heterocycles. The van der Waals surface area contributed by atoms with Crippen LogP contribution < -0.4 is 4.90 Å². The minimum absolute atomic E-state index is 0.0325. The van der Waals surface area contributed by atoms with Gasteiger partial charge in [0.05, 0.1) is 10.8 Å². The van der Waals surface area contributed by atoms with Crippen LogP contribution in [0.1, 0.15) is 21.5 Å². The smallest absolute Gasteiger partial charge is 0.266 e. The summed E-state index contributed by atoms with van der Waals surface area (Å²) in [5.41, 5.74) is 1.38. The van der Waals surface area contributed by atoms with E-state index < -0.39 is 33.2 Å². The number of thiophene rings is 1. The molecule has 0 aliphatic carbocycles. The Morgan fingerprint density at radius 2 is 1.88 bits per heavy atom. The fourth-order valence-electron chi connectivity index (χ4n) is 3.29. The maximum atomic E-state index is 12.8. The van der Waals surface area contributed by atoms with Crippen LogP contribution in [0.15, 0.2) is 52.9 Å². The number of aromatic nitrogens is 1. The number of sulfone groups is 1. The van der Waals surface area contributed by atoms with E-state index in [0.29, 0.717) is 26.0 Å². The summed E-state index contributed by atoms with van der Waals surface area (Å²) in [6.07, 6.45) is 1.21. The zero-order valence-corrected chi connectivity index (χ0v) is 19.4. The topological polar surface area (TPSA) is 101 Å². The molecule has 0 N–H and O–H groups in total. The Kier molecular flexibility index (Phi) is 6.17. The van der Waals surface area contributed by atoms with Crippen LogP contribution in [-0.4, -0.2) is 36.8 Å². The van der Waals surface area contributed by atoms with Gasteiger partial charge >= 0.3 is 0 Å². The fraction of sp³-hybridized carbons (Fsp3) is 0.143. The molecule has 32 heavy (non-hydrogen) atoms. The molecule has 0 unspecified atom stereocenters. The van der Waals surface area contributed by atoms with E-state index >= 15 is 0 Å². The Labute approximate surface area is 197 Å². The van der Waals surface area contributed by atoms with Crippen molar-refractivity contribution in [1.82, 2.24) is 4.98 Å². The molecule has 3 heterocycles. The van der Waals surface area contributed by atoms with Crippen LogP contribution in [-0.2, 0) is 32.3 Å². The minimum Gasteiger partial charge on any atom is -0.298 e. The van der Waals surface area contributed by atoms with Gasteiger partial charge in [0.2, 0.25) is 5.91 Å². The third kappa shape index (κ3) is 4.61. The number of pyridine rings is 1. The second kappa shape index (κ2) is 8.74. The SMILES string of the molecule is O=C(Cc1ccc(N2C(=O)Cc3ccc(Cl)cc3C2=O)nc1)CS(=O)(=O)c1ccc(Cl)s1. The highest BCUT2D eigenvalue weighted by Gasteiger charge is 2.33. The van der Waals surface area contributed by atoms with E-state index in [1.54, 1.807) is 12.1 Å². The van der Waals surface area contributed by atoms with E-state index in [2.05, 4.69) is 4.98 Å². The van der Waals surface area contributed by atoms with E-state index in [1.807, 2.05) is 0 Å². The number of hydrogen-bond acceptors (Lipinski definition) is 7. The molecule has 0 saturated heterocycles. The molecule has 1 aromatic carbocycles. The van der Waals surface area contributed by atoms with Crippen LogP contribution >= 0.6 is 34.5 Å². The predicted molar refractivity (Wildman–Crippen MR) is 121 cm³/mol. The van der Waals surface area contributed by atoms with Gasteiger partial charge in [-0.05, 0) is 41.5 Å². The molecule has 0 saturated carbocycles. The van der Waals surface area contributed by atoms with Crippen molar-refractivity contribution in [2.45, 2.75) is 17.1 Å². The van der Waals surface area contributed by atoms with Crippen LogP contribution in [0.25, 0.3) is 0 Å². The van der Waals surface area contributed by atoms with Crippen LogP contribution in [0.5, 0.6) is 0 Å². The Bertz CT molecular complexity index is 1350. The number of ketones is 1. The molecular weight excluding hydrogens is 495 g/mol. The van der Waals surface area contributed by atoms with Crippen LogP contribution in [0.3, 0.4) is 0 Å². The summed E-state index contributed by atoms with van der Waals surface area (Å²) in [7, 11) is -3.77. The molecular formula is C21H14Cl2N2O5S2. The lowest BCUT2D eigenvalue weighted by molar-refractivity contribution is -0.118. The molecule has 0 atom stereocenters. The lowest BCUT2D eigenvalue weighted by Gasteiger charge is -2.26.